The second-order valence-electron chi connectivity index (χ2n) is 4.35. The van der Waals surface area contributed by atoms with E-state index in [2.05, 4.69) is 0 Å². The molecule has 0 spiro atoms. The first-order valence-corrected chi connectivity index (χ1v) is 6.28. The average molecular weight is 297 g/mol. The van der Waals surface area contributed by atoms with E-state index in [9.17, 15) is 18.7 Å². The predicted molar refractivity (Wildman–Crippen MR) is 71.9 cm³/mol. The number of carboxylic acid groups (broad SMARTS) is 1. The summed E-state index contributed by atoms with van der Waals surface area (Å²) >= 11 is 5.88. The number of rotatable bonds is 4. The van der Waals surface area contributed by atoms with E-state index in [1.165, 1.54) is 30.3 Å². The van der Waals surface area contributed by atoms with E-state index in [4.69, 9.17) is 11.6 Å². The van der Waals surface area contributed by atoms with Crippen molar-refractivity contribution < 1.29 is 18.7 Å². The Labute approximate surface area is 119 Å². The lowest BCUT2D eigenvalue weighted by atomic mass is 9.91. The monoisotopic (exact) mass is 296 g/mol. The molecule has 20 heavy (non-hydrogen) atoms. The van der Waals surface area contributed by atoms with Gasteiger partial charge in [0, 0.05) is 10.6 Å². The Balaban J connectivity index is 2.36. The summed E-state index contributed by atoms with van der Waals surface area (Å²) in [6, 6.07) is 9.40. The maximum atomic E-state index is 13.7. The average Bonchev–Trinajstić information content (AvgIpc) is 2.39. The first kappa shape index (κ1) is 14.5. The summed E-state index contributed by atoms with van der Waals surface area (Å²) in [7, 11) is 0. The standard InChI is InChI=1S/C15H11ClF2O2/c16-13-8-10(17)6-5-9(13)7-12(15(19)20)11-3-1-2-4-14(11)18/h1-6,8,12H,7H2,(H,19,20). The van der Waals surface area contributed by atoms with Gasteiger partial charge in [0.15, 0.2) is 0 Å². The summed E-state index contributed by atoms with van der Waals surface area (Å²) in [4.78, 5) is 11.4. The third kappa shape index (κ3) is 3.14. The molecule has 0 bridgehead atoms. The predicted octanol–water partition coefficient (Wildman–Crippen LogP) is 4.03. The fourth-order valence-electron chi connectivity index (χ4n) is 2.00. The Hall–Kier alpha value is -1.94. The number of halogens is 3. The quantitative estimate of drug-likeness (QED) is 0.925. The second kappa shape index (κ2) is 6.01. The molecule has 0 radical (unpaired) electrons. The Morgan fingerprint density at radius 1 is 1.20 bits per heavy atom. The molecule has 5 heteroatoms. The van der Waals surface area contributed by atoms with Gasteiger partial charge in [-0.15, -0.1) is 0 Å². The lowest BCUT2D eigenvalue weighted by molar-refractivity contribution is -0.138. The van der Waals surface area contributed by atoms with E-state index >= 15 is 0 Å². The third-order valence-electron chi connectivity index (χ3n) is 3.02. The van der Waals surface area contributed by atoms with Crippen molar-refractivity contribution in [1.82, 2.24) is 0 Å². The van der Waals surface area contributed by atoms with Gasteiger partial charge in [-0.2, -0.15) is 0 Å². The smallest absolute Gasteiger partial charge is 0.311 e. The van der Waals surface area contributed by atoms with Gasteiger partial charge in [0.1, 0.15) is 11.6 Å². The summed E-state index contributed by atoms with van der Waals surface area (Å²) < 4.78 is 26.7. The Bertz CT molecular complexity index is 644. The second-order valence-corrected chi connectivity index (χ2v) is 4.76. The van der Waals surface area contributed by atoms with E-state index in [0.717, 1.165) is 6.07 Å². The third-order valence-corrected chi connectivity index (χ3v) is 3.37. The summed E-state index contributed by atoms with van der Waals surface area (Å²) in [6.07, 6.45) is -0.00458. The molecule has 0 aliphatic carbocycles. The SMILES string of the molecule is O=C(O)C(Cc1ccc(F)cc1Cl)c1ccccc1F. The minimum atomic E-state index is -1.16. The van der Waals surface area contributed by atoms with Gasteiger partial charge in [-0.25, -0.2) is 8.78 Å². The van der Waals surface area contributed by atoms with E-state index < -0.39 is 23.5 Å². The Kier molecular flexibility index (Phi) is 4.35. The molecule has 0 fully saturated rings. The van der Waals surface area contributed by atoms with E-state index in [-0.39, 0.29) is 17.0 Å². The van der Waals surface area contributed by atoms with Crippen LogP contribution in [0, 0.1) is 11.6 Å². The highest BCUT2D eigenvalue weighted by molar-refractivity contribution is 6.31. The van der Waals surface area contributed by atoms with Crippen molar-refractivity contribution in [3.05, 3.63) is 70.2 Å². The molecular weight excluding hydrogens is 286 g/mol. The van der Waals surface area contributed by atoms with Crippen LogP contribution in [0.1, 0.15) is 17.0 Å². The molecule has 0 aromatic heterocycles. The molecule has 0 aliphatic heterocycles. The van der Waals surface area contributed by atoms with Gasteiger partial charge in [-0.05, 0) is 30.2 Å². The molecular formula is C15H11ClF2O2. The molecule has 1 atom stereocenters. The van der Waals surface area contributed by atoms with Gasteiger partial charge in [-0.3, -0.25) is 4.79 Å². The van der Waals surface area contributed by atoms with Crippen LogP contribution < -0.4 is 0 Å². The molecule has 0 amide bonds. The van der Waals surface area contributed by atoms with Crippen LogP contribution in [-0.4, -0.2) is 11.1 Å². The van der Waals surface area contributed by atoms with Gasteiger partial charge in [0.2, 0.25) is 0 Å². The maximum absolute atomic E-state index is 13.7. The van der Waals surface area contributed by atoms with Crippen LogP contribution in [0.5, 0.6) is 0 Å². The topological polar surface area (TPSA) is 37.3 Å². The molecule has 1 N–H and O–H groups in total. The molecule has 0 heterocycles. The fraction of sp³-hybridized carbons (Fsp3) is 0.133. The number of aliphatic carboxylic acids is 1. The lowest BCUT2D eigenvalue weighted by Gasteiger charge is -2.14. The number of carbonyl (C=O) groups is 1. The molecule has 2 aromatic rings. The van der Waals surface area contributed by atoms with Crippen molar-refractivity contribution >= 4 is 17.6 Å². The zero-order valence-corrected chi connectivity index (χ0v) is 11.1. The van der Waals surface area contributed by atoms with Crippen molar-refractivity contribution in [3.8, 4) is 0 Å². The molecule has 2 nitrogen and oxygen atoms in total. The first-order chi connectivity index (χ1) is 9.49. The van der Waals surface area contributed by atoms with Crippen LogP contribution in [0.15, 0.2) is 42.5 Å². The van der Waals surface area contributed by atoms with Crippen LogP contribution in [0.3, 0.4) is 0 Å². The number of carboxylic acids is 1. The number of benzene rings is 2. The molecule has 0 aliphatic rings. The van der Waals surface area contributed by atoms with Crippen molar-refractivity contribution in [2.45, 2.75) is 12.3 Å². The molecule has 0 saturated carbocycles. The van der Waals surface area contributed by atoms with Gasteiger partial charge in [0.05, 0.1) is 5.92 Å². The normalized spacial score (nSPS) is 12.2. The Morgan fingerprint density at radius 2 is 1.90 bits per heavy atom. The first-order valence-electron chi connectivity index (χ1n) is 5.90. The molecule has 0 saturated heterocycles. The van der Waals surface area contributed by atoms with Crippen molar-refractivity contribution in [2.75, 3.05) is 0 Å². The van der Waals surface area contributed by atoms with Crippen LogP contribution >= 0.6 is 11.6 Å². The van der Waals surface area contributed by atoms with Crippen LogP contribution in [-0.2, 0) is 11.2 Å². The van der Waals surface area contributed by atoms with E-state index in [1.54, 1.807) is 6.07 Å². The van der Waals surface area contributed by atoms with Crippen molar-refractivity contribution in [1.29, 1.82) is 0 Å². The highest BCUT2D eigenvalue weighted by Crippen LogP contribution is 2.27. The van der Waals surface area contributed by atoms with Gasteiger partial charge in [0.25, 0.3) is 0 Å². The fourth-order valence-corrected chi connectivity index (χ4v) is 2.24. The Morgan fingerprint density at radius 3 is 2.50 bits per heavy atom. The number of hydrogen-bond acceptors (Lipinski definition) is 1. The van der Waals surface area contributed by atoms with Crippen molar-refractivity contribution in [2.24, 2.45) is 0 Å². The summed E-state index contributed by atoms with van der Waals surface area (Å²) in [5.74, 6) is -3.32. The summed E-state index contributed by atoms with van der Waals surface area (Å²) in [5, 5.41) is 9.41. The van der Waals surface area contributed by atoms with Crippen molar-refractivity contribution in [3.63, 3.8) is 0 Å². The van der Waals surface area contributed by atoms with Gasteiger partial charge >= 0.3 is 5.97 Å². The lowest BCUT2D eigenvalue weighted by Crippen LogP contribution is -2.16. The zero-order valence-electron chi connectivity index (χ0n) is 10.3. The molecule has 104 valence electrons. The summed E-state index contributed by atoms with van der Waals surface area (Å²) in [6.45, 7) is 0. The molecule has 1 unspecified atom stereocenters. The van der Waals surface area contributed by atoms with E-state index in [0.29, 0.717) is 5.56 Å². The van der Waals surface area contributed by atoms with Crippen LogP contribution in [0.25, 0.3) is 0 Å². The van der Waals surface area contributed by atoms with Crippen LogP contribution in [0.4, 0.5) is 8.78 Å². The minimum Gasteiger partial charge on any atom is -0.481 e. The summed E-state index contributed by atoms with van der Waals surface area (Å²) in [5.41, 5.74) is 0.545. The minimum absolute atomic E-state index is 0.00458. The molecule has 2 rings (SSSR count). The van der Waals surface area contributed by atoms with E-state index in [1.807, 2.05) is 0 Å². The van der Waals surface area contributed by atoms with Gasteiger partial charge < -0.3 is 5.11 Å². The van der Waals surface area contributed by atoms with Gasteiger partial charge in [-0.1, -0.05) is 35.9 Å². The number of hydrogen-bond donors (Lipinski definition) is 1. The largest absolute Gasteiger partial charge is 0.481 e. The highest BCUT2D eigenvalue weighted by atomic mass is 35.5. The van der Waals surface area contributed by atoms with Crippen LogP contribution in [0.2, 0.25) is 5.02 Å². The maximum Gasteiger partial charge on any atom is 0.311 e. The molecule has 2 aromatic carbocycles. The highest BCUT2D eigenvalue weighted by Gasteiger charge is 2.24. The zero-order chi connectivity index (χ0) is 14.7.